The number of esters is 2. The first-order chi connectivity index (χ1) is 27.3. The number of aryl methyl sites for hydroxylation is 4. The number of fused-ring (bicyclic) bond motifs is 5. The zero-order valence-electron chi connectivity index (χ0n) is 31.8. The summed E-state index contributed by atoms with van der Waals surface area (Å²) in [6.07, 6.45) is 4.86. The lowest BCUT2D eigenvalue weighted by Crippen LogP contribution is -2.37. The Morgan fingerprint density at radius 3 is 1.77 bits per heavy atom. The minimum Gasteiger partial charge on any atom is -0.457 e. The number of aromatic amines is 2. The van der Waals surface area contributed by atoms with E-state index in [0.717, 1.165) is 82.8 Å². The summed E-state index contributed by atoms with van der Waals surface area (Å²) in [7, 11) is 0. The van der Waals surface area contributed by atoms with Crippen molar-refractivity contribution in [3.63, 3.8) is 0 Å². The number of carbonyl (C=O) groups excluding carboxylic acids is 2. The summed E-state index contributed by atoms with van der Waals surface area (Å²) in [6.45, 7) is 6.99. The van der Waals surface area contributed by atoms with Crippen LogP contribution in [0.5, 0.6) is 0 Å². The van der Waals surface area contributed by atoms with Crippen molar-refractivity contribution >= 4 is 33.7 Å². The van der Waals surface area contributed by atoms with Crippen LogP contribution >= 0.6 is 0 Å². The Labute approximate surface area is 325 Å². The van der Waals surface area contributed by atoms with Gasteiger partial charge in [-0.25, -0.2) is 9.59 Å². The molecule has 10 nitrogen and oxygen atoms in total. The van der Waals surface area contributed by atoms with Crippen molar-refractivity contribution in [1.82, 2.24) is 9.97 Å². The van der Waals surface area contributed by atoms with Crippen molar-refractivity contribution in [1.29, 1.82) is 0 Å². The molecule has 0 unspecified atom stereocenters. The first-order valence-corrected chi connectivity index (χ1v) is 19.5. The summed E-state index contributed by atoms with van der Waals surface area (Å²) < 4.78 is 34.8. The highest BCUT2D eigenvalue weighted by Gasteiger charge is 2.42. The minimum atomic E-state index is -0.486. The molecule has 10 heteroatoms. The van der Waals surface area contributed by atoms with Gasteiger partial charge in [0.15, 0.2) is 11.6 Å². The Kier molecular flexibility index (Phi) is 9.75. The molecule has 0 atom stereocenters. The Morgan fingerprint density at radius 1 is 0.607 bits per heavy atom. The van der Waals surface area contributed by atoms with Crippen molar-refractivity contribution in [2.75, 3.05) is 26.4 Å². The molecule has 4 aromatic carbocycles. The quantitative estimate of drug-likeness (QED) is 0.164. The number of hydrogen-bond donors (Lipinski definition) is 2. The van der Waals surface area contributed by atoms with E-state index in [4.69, 9.17) is 28.4 Å². The van der Waals surface area contributed by atoms with Crippen molar-refractivity contribution in [2.24, 2.45) is 0 Å². The van der Waals surface area contributed by atoms with Crippen LogP contribution in [0.15, 0.2) is 84.9 Å². The molecule has 2 aliphatic carbocycles. The molecule has 10 rings (SSSR count). The fourth-order valence-electron chi connectivity index (χ4n) is 8.84. The fraction of sp³-hybridized carbons (Fsp3) is 0.348. The SMILES string of the molecule is Cc1[nH]c2cc3c(cc2c1C(=O)OCc1ccccc1)CC1(CC3)OCCO1.Cc1[nH]c2ccc3c(c2c1C(=O)OCc1ccccc1)CCC1(C3)OCCO1. The van der Waals surface area contributed by atoms with E-state index in [1.807, 2.05) is 80.6 Å². The van der Waals surface area contributed by atoms with E-state index >= 15 is 0 Å². The number of rotatable bonds is 6. The summed E-state index contributed by atoms with van der Waals surface area (Å²) >= 11 is 0. The highest BCUT2D eigenvalue weighted by molar-refractivity contribution is 6.07. The molecule has 2 fully saturated rings. The van der Waals surface area contributed by atoms with Crippen LogP contribution in [0, 0.1) is 13.8 Å². The molecule has 0 bridgehead atoms. The van der Waals surface area contributed by atoms with E-state index in [2.05, 4.69) is 28.2 Å². The first kappa shape index (κ1) is 36.4. The summed E-state index contributed by atoms with van der Waals surface area (Å²) in [5, 5.41) is 1.89. The zero-order chi connectivity index (χ0) is 38.3. The Bertz CT molecular complexity index is 2390. The fourth-order valence-corrected chi connectivity index (χ4v) is 8.84. The Balaban J connectivity index is 0.000000146. The zero-order valence-corrected chi connectivity index (χ0v) is 31.8. The highest BCUT2D eigenvalue weighted by atomic mass is 16.7. The van der Waals surface area contributed by atoms with Crippen LogP contribution in [0.3, 0.4) is 0 Å². The number of carbonyl (C=O) groups is 2. The summed E-state index contributed by atoms with van der Waals surface area (Å²) in [5.41, 5.74) is 11.7. The summed E-state index contributed by atoms with van der Waals surface area (Å²) in [4.78, 5) is 32.5. The van der Waals surface area contributed by atoms with Gasteiger partial charge in [0, 0.05) is 58.9 Å². The van der Waals surface area contributed by atoms with Crippen LogP contribution in [0.4, 0.5) is 0 Å². The van der Waals surface area contributed by atoms with Gasteiger partial charge in [-0.1, -0.05) is 66.7 Å². The average Bonchev–Trinajstić information content (AvgIpc) is 4.01. The smallest absolute Gasteiger partial charge is 0.340 e. The number of nitrogens with one attached hydrogen (secondary N) is 2. The lowest BCUT2D eigenvalue weighted by Gasteiger charge is -2.33. The summed E-state index contributed by atoms with van der Waals surface area (Å²) in [6, 6.07) is 27.9. The van der Waals surface area contributed by atoms with Gasteiger partial charge in [-0.05, 0) is 78.3 Å². The lowest BCUT2D eigenvalue weighted by molar-refractivity contribution is -0.164. The van der Waals surface area contributed by atoms with Crippen molar-refractivity contribution in [3.8, 4) is 0 Å². The van der Waals surface area contributed by atoms with Gasteiger partial charge >= 0.3 is 11.9 Å². The van der Waals surface area contributed by atoms with E-state index in [9.17, 15) is 9.59 Å². The largest absolute Gasteiger partial charge is 0.457 e. The van der Waals surface area contributed by atoms with Crippen molar-refractivity contribution < 1.29 is 38.0 Å². The lowest BCUT2D eigenvalue weighted by atomic mass is 9.84. The van der Waals surface area contributed by atoms with Crippen LogP contribution in [-0.4, -0.2) is 59.9 Å². The molecule has 0 radical (unpaired) electrons. The van der Waals surface area contributed by atoms with Gasteiger partial charge in [-0.15, -0.1) is 0 Å². The monoisotopic (exact) mass is 754 g/mol. The average molecular weight is 755 g/mol. The number of ether oxygens (including phenoxy) is 6. The first-order valence-electron chi connectivity index (χ1n) is 19.5. The molecule has 2 spiro atoms. The van der Waals surface area contributed by atoms with Crippen LogP contribution < -0.4 is 0 Å². The maximum atomic E-state index is 13.0. The van der Waals surface area contributed by atoms with E-state index < -0.39 is 11.6 Å². The molecule has 4 aliphatic rings. The molecule has 2 aromatic heterocycles. The van der Waals surface area contributed by atoms with Gasteiger partial charge in [0.2, 0.25) is 0 Å². The number of benzene rings is 4. The van der Waals surface area contributed by atoms with Gasteiger partial charge in [-0.3, -0.25) is 0 Å². The topological polar surface area (TPSA) is 121 Å². The molecule has 2 N–H and O–H groups in total. The molecular weight excluding hydrogens is 709 g/mol. The molecule has 56 heavy (non-hydrogen) atoms. The van der Waals surface area contributed by atoms with Gasteiger partial charge in [0.25, 0.3) is 0 Å². The van der Waals surface area contributed by atoms with Crippen molar-refractivity contribution in [3.05, 3.63) is 141 Å². The van der Waals surface area contributed by atoms with E-state index in [0.29, 0.717) is 37.6 Å². The second-order valence-electron chi connectivity index (χ2n) is 15.2. The predicted molar refractivity (Wildman–Crippen MR) is 211 cm³/mol. The number of H-pyrrole nitrogens is 2. The Morgan fingerprint density at radius 2 is 1.14 bits per heavy atom. The maximum absolute atomic E-state index is 13.0. The van der Waals surface area contributed by atoms with E-state index in [1.54, 1.807) is 0 Å². The number of aromatic nitrogens is 2. The molecule has 4 heterocycles. The van der Waals surface area contributed by atoms with E-state index in [-0.39, 0.29) is 25.2 Å². The minimum absolute atomic E-state index is 0.265. The second-order valence-corrected chi connectivity index (χ2v) is 15.2. The van der Waals surface area contributed by atoms with Gasteiger partial charge in [0.1, 0.15) is 13.2 Å². The standard InChI is InChI=1S/2C23H23NO4/c1-15-21(22(25)26-14-16-5-3-2-4-6-16)19-11-18-13-23(27-9-10-28-23)8-7-17(18)12-20(19)24-15;1-15-20(22(25)26-14-16-5-3-2-4-6-16)21-18-9-10-23(27-11-12-28-23)13-17(18)7-8-19(21)24-15/h2-6,11-12,24H,7-10,13-14H2,1H3;2-8,24H,9-14H2,1H3. The third kappa shape index (κ3) is 7.03. The van der Waals surface area contributed by atoms with Gasteiger partial charge < -0.3 is 38.4 Å². The van der Waals surface area contributed by atoms with Crippen molar-refractivity contribution in [2.45, 2.75) is 77.2 Å². The molecular formula is C46H46N2O8. The molecule has 6 aromatic rings. The summed E-state index contributed by atoms with van der Waals surface area (Å²) in [5.74, 6) is -1.55. The van der Waals surface area contributed by atoms with Crippen LogP contribution in [0.2, 0.25) is 0 Å². The van der Waals surface area contributed by atoms with Gasteiger partial charge in [0.05, 0.1) is 37.6 Å². The molecule has 2 aliphatic heterocycles. The molecule has 2 saturated heterocycles. The third-order valence-electron chi connectivity index (χ3n) is 11.6. The molecule has 0 amide bonds. The van der Waals surface area contributed by atoms with Crippen LogP contribution in [0.25, 0.3) is 21.8 Å². The highest BCUT2D eigenvalue weighted by Crippen LogP contribution is 2.41. The third-order valence-corrected chi connectivity index (χ3v) is 11.6. The molecule has 288 valence electrons. The maximum Gasteiger partial charge on any atom is 0.340 e. The predicted octanol–water partition coefficient (Wildman–Crippen LogP) is 8.13. The second kappa shape index (κ2) is 15.0. The van der Waals surface area contributed by atoms with Crippen LogP contribution in [0.1, 0.15) is 78.3 Å². The van der Waals surface area contributed by atoms with Gasteiger partial charge in [-0.2, -0.15) is 0 Å². The Hall–Kier alpha value is -5.26. The van der Waals surface area contributed by atoms with E-state index in [1.165, 1.54) is 22.3 Å². The number of hydrogen-bond acceptors (Lipinski definition) is 8. The van der Waals surface area contributed by atoms with Crippen LogP contribution in [-0.2, 0) is 67.3 Å². The molecule has 0 saturated carbocycles. The normalized spacial score (nSPS) is 17.8.